The Balaban J connectivity index is 1.61. The zero-order valence-electron chi connectivity index (χ0n) is 17.0. The summed E-state index contributed by atoms with van der Waals surface area (Å²) in [6, 6.07) is 3.95. The highest BCUT2D eigenvalue weighted by molar-refractivity contribution is 6.31. The van der Waals surface area contributed by atoms with Gasteiger partial charge in [0, 0.05) is 23.8 Å². The highest BCUT2D eigenvalue weighted by atomic mass is 35.5. The number of imidazole rings is 1. The van der Waals surface area contributed by atoms with E-state index in [-0.39, 0.29) is 6.54 Å². The lowest BCUT2D eigenvalue weighted by molar-refractivity contribution is -0.142. The summed E-state index contributed by atoms with van der Waals surface area (Å²) in [6.07, 6.45) is 6.95. The number of hydrogen-bond acceptors (Lipinski definition) is 7. The van der Waals surface area contributed by atoms with E-state index in [0.717, 1.165) is 24.1 Å². The van der Waals surface area contributed by atoms with E-state index >= 15 is 0 Å². The number of anilines is 2. The summed E-state index contributed by atoms with van der Waals surface area (Å²) in [5, 5.41) is 10.2. The van der Waals surface area contributed by atoms with E-state index in [1.807, 2.05) is 21.6 Å². The third kappa shape index (κ3) is 3.37. The van der Waals surface area contributed by atoms with Crippen molar-refractivity contribution >= 4 is 40.2 Å². The summed E-state index contributed by atoms with van der Waals surface area (Å²) in [7, 11) is 0. The molecule has 1 saturated carbocycles. The minimum absolute atomic E-state index is 0.236. The molecule has 3 aromatic rings. The Hall–Kier alpha value is -2.91. The lowest BCUT2D eigenvalue weighted by atomic mass is 9.77. The Kier molecular flexibility index (Phi) is 4.75. The molecule has 0 spiro atoms. The number of aromatic nitrogens is 4. The van der Waals surface area contributed by atoms with Crippen LogP contribution in [0.5, 0.6) is 0 Å². The van der Waals surface area contributed by atoms with Crippen LogP contribution in [0.3, 0.4) is 0 Å². The van der Waals surface area contributed by atoms with Crippen molar-refractivity contribution in [2.45, 2.75) is 43.7 Å². The normalized spacial score (nSPS) is 21.5. The van der Waals surface area contributed by atoms with Crippen molar-refractivity contribution in [2.24, 2.45) is 5.73 Å². The summed E-state index contributed by atoms with van der Waals surface area (Å²) in [5.74, 6) is -0.203. The maximum atomic E-state index is 11.7. The number of nitrogens with two attached hydrogens (primary N) is 2. The second-order valence-electron chi connectivity index (χ2n) is 8.56. The summed E-state index contributed by atoms with van der Waals surface area (Å²) < 4.78 is 1.95. The Morgan fingerprint density at radius 1 is 1.29 bits per heavy atom. The standard InChI is InChI=1S/C21H24ClN7O2/c22-13-6-14(12-2-1-3-12)15(8-29-11-27-17-18(23)25-10-26-19(17)29)16(7-13)28-5-4-21(24,9-28)20(30)31/h6-7,10-12H,1-5,8-9,24H2,(H,30,31)(H2,23,25,26)/t21-/m1/s1. The highest BCUT2D eigenvalue weighted by Gasteiger charge is 2.42. The fourth-order valence-corrected chi connectivity index (χ4v) is 4.80. The first-order chi connectivity index (χ1) is 14.9. The largest absolute Gasteiger partial charge is 0.480 e. The molecule has 0 radical (unpaired) electrons. The smallest absolute Gasteiger partial charge is 0.325 e. The van der Waals surface area contributed by atoms with Gasteiger partial charge in [-0.2, -0.15) is 0 Å². The van der Waals surface area contributed by atoms with E-state index in [0.29, 0.717) is 47.4 Å². The first kappa shape index (κ1) is 20.0. The van der Waals surface area contributed by atoms with Gasteiger partial charge < -0.3 is 26.0 Å². The van der Waals surface area contributed by atoms with Crippen LogP contribution in [0.2, 0.25) is 5.02 Å². The van der Waals surface area contributed by atoms with E-state index in [1.54, 1.807) is 6.33 Å². The fourth-order valence-electron chi connectivity index (χ4n) is 4.58. The molecular formula is C21H24ClN7O2. The quantitative estimate of drug-likeness (QED) is 0.548. The predicted octanol–water partition coefficient (Wildman–Crippen LogP) is 2.37. The first-order valence-electron chi connectivity index (χ1n) is 10.4. The fraction of sp³-hybridized carbons (Fsp3) is 0.429. The van der Waals surface area contributed by atoms with Crippen molar-refractivity contribution in [1.29, 1.82) is 0 Å². The molecule has 1 aliphatic carbocycles. The van der Waals surface area contributed by atoms with Crippen molar-refractivity contribution in [3.8, 4) is 0 Å². The van der Waals surface area contributed by atoms with E-state index in [2.05, 4.69) is 15.0 Å². The Bertz CT molecular complexity index is 1180. The van der Waals surface area contributed by atoms with Gasteiger partial charge in [0.25, 0.3) is 0 Å². The molecule has 1 aliphatic heterocycles. The average Bonchev–Trinajstić information content (AvgIpc) is 3.28. The van der Waals surface area contributed by atoms with Crippen molar-refractivity contribution < 1.29 is 9.90 Å². The summed E-state index contributed by atoms with van der Waals surface area (Å²) in [5.41, 5.74) is 15.3. The molecule has 3 heterocycles. The number of carbonyl (C=O) groups is 1. The molecule has 162 valence electrons. The number of aliphatic carboxylic acids is 1. The molecule has 0 unspecified atom stereocenters. The number of hydrogen-bond donors (Lipinski definition) is 3. The molecule has 1 atom stereocenters. The molecule has 2 aliphatic rings. The number of carboxylic acids is 1. The van der Waals surface area contributed by atoms with Gasteiger partial charge in [0.1, 0.15) is 17.4 Å². The van der Waals surface area contributed by atoms with Crippen molar-refractivity contribution in [1.82, 2.24) is 19.5 Å². The van der Waals surface area contributed by atoms with Crippen LogP contribution in [0.1, 0.15) is 42.7 Å². The van der Waals surface area contributed by atoms with Gasteiger partial charge in [-0.05, 0) is 48.4 Å². The van der Waals surface area contributed by atoms with Gasteiger partial charge in [-0.15, -0.1) is 0 Å². The van der Waals surface area contributed by atoms with E-state index in [1.165, 1.54) is 18.3 Å². The number of fused-ring (bicyclic) bond motifs is 1. The summed E-state index contributed by atoms with van der Waals surface area (Å²) in [4.78, 5) is 26.5. The molecule has 1 saturated heterocycles. The lowest BCUT2D eigenvalue weighted by Crippen LogP contribution is -2.50. The monoisotopic (exact) mass is 441 g/mol. The van der Waals surface area contributed by atoms with Gasteiger partial charge in [-0.3, -0.25) is 4.79 Å². The second kappa shape index (κ2) is 7.35. The molecule has 2 aromatic heterocycles. The molecule has 9 nitrogen and oxygen atoms in total. The molecule has 0 amide bonds. The molecule has 2 fully saturated rings. The van der Waals surface area contributed by atoms with Crippen LogP contribution in [0.4, 0.5) is 11.5 Å². The first-order valence-corrected chi connectivity index (χ1v) is 10.7. The average molecular weight is 442 g/mol. The molecule has 5 N–H and O–H groups in total. The van der Waals surface area contributed by atoms with Crippen molar-refractivity contribution in [2.75, 3.05) is 23.7 Å². The van der Waals surface area contributed by atoms with Gasteiger partial charge in [0.15, 0.2) is 11.5 Å². The van der Waals surface area contributed by atoms with E-state index < -0.39 is 11.5 Å². The van der Waals surface area contributed by atoms with Gasteiger partial charge in [-0.25, -0.2) is 15.0 Å². The Morgan fingerprint density at radius 3 is 2.77 bits per heavy atom. The zero-order valence-corrected chi connectivity index (χ0v) is 17.7. The van der Waals surface area contributed by atoms with E-state index in [4.69, 9.17) is 23.1 Å². The molecular weight excluding hydrogens is 418 g/mol. The lowest BCUT2D eigenvalue weighted by Gasteiger charge is -2.32. The predicted molar refractivity (Wildman–Crippen MR) is 118 cm³/mol. The number of nitrogen functional groups attached to an aromatic ring is 1. The molecule has 5 rings (SSSR count). The summed E-state index contributed by atoms with van der Waals surface area (Å²) in [6.45, 7) is 1.31. The molecule has 1 aromatic carbocycles. The minimum Gasteiger partial charge on any atom is -0.480 e. The third-order valence-electron chi connectivity index (χ3n) is 6.60. The molecule has 31 heavy (non-hydrogen) atoms. The van der Waals surface area contributed by atoms with E-state index in [9.17, 15) is 9.90 Å². The topological polar surface area (TPSA) is 136 Å². The van der Waals surface area contributed by atoms with Crippen LogP contribution in [0.15, 0.2) is 24.8 Å². The van der Waals surface area contributed by atoms with Crippen LogP contribution in [0, 0.1) is 0 Å². The number of nitrogens with zero attached hydrogens (tertiary/aromatic N) is 5. The van der Waals surface area contributed by atoms with Crippen molar-refractivity contribution in [3.05, 3.63) is 40.9 Å². The number of rotatable bonds is 5. The van der Waals surface area contributed by atoms with Gasteiger partial charge >= 0.3 is 5.97 Å². The number of carboxylic acid groups (broad SMARTS) is 1. The minimum atomic E-state index is -1.26. The SMILES string of the molecule is Nc1ncnc2c1ncn2Cc1c(C2CCC2)cc(Cl)cc1N1CC[C@](N)(C(=O)O)C1. The Morgan fingerprint density at radius 2 is 2.10 bits per heavy atom. The third-order valence-corrected chi connectivity index (χ3v) is 6.81. The number of halogens is 1. The van der Waals surface area contributed by atoms with Gasteiger partial charge in [0.05, 0.1) is 12.9 Å². The van der Waals surface area contributed by atoms with Crippen LogP contribution in [-0.2, 0) is 11.3 Å². The zero-order chi connectivity index (χ0) is 21.8. The maximum Gasteiger partial charge on any atom is 0.325 e. The van der Waals surface area contributed by atoms with Gasteiger partial charge in [0.2, 0.25) is 0 Å². The highest BCUT2D eigenvalue weighted by Crippen LogP contribution is 2.43. The van der Waals surface area contributed by atoms with Crippen LogP contribution in [-0.4, -0.2) is 49.2 Å². The van der Waals surface area contributed by atoms with Crippen LogP contribution < -0.4 is 16.4 Å². The molecule has 0 bridgehead atoms. The maximum absolute atomic E-state index is 11.7. The van der Waals surface area contributed by atoms with Crippen molar-refractivity contribution in [3.63, 3.8) is 0 Å². The van der Waals surface area contributed by atoms with Gasteiger partial charge in [-0.1, -0.05) is 18.0 Å². The molecule has 10 heteroatoms. The second-order valence-corrected chi connectivity index (χ2v) is 8.99. The van der Waals surface area contributed by atoms with Crippen LogP contribution >= 0.6 is 11.6 Å². The Labute approximate surface area is 184 Å². The number of benzene rings is 1. The van der Waals surface area contributed by atoms with Crippen LogP contribution in [0.25, 0.3) is 11.2 Å². The summed E-state index contributed by atoms with van der Waals surface area (Å²) >= 11 is 6.53.